The van der Waals surface area contributed by atoms with Crippen LogP contribution in [0.1, 0.15) is 10.4 Å². The van der Waals surface area contributed by atoms with Crippen LogP contribution in [0.2, 0.25) is 0 Å². The van der Waals surface area contributed by atoms with E-state index in [1.165, 1.54) is 4.88 Å². The van der Waals surface area contributed by atoms with E-state index >= 15 is 0 Å². The lowest BCUT2D eigenvalue weighted by atomic mass is 10.0. The lowest BCUT2D eigenvalue weighted by molar-refractivity contribution is 0.0970. The normalized spacial score (nSPS) is 13.6. The molecule has 0 atom stereocenters. The van der Waals surface area contributed by atoms with Crippen LogP contribution >= 0.6 is 11.3 Å². The molecular weight excluding hydrogens is 426 g/mol. The topological polar surface area (TPSA) is 61.1 Å². The van der Waals surface area contributed by atoms with Crippen molar-refractivity contribution in [2.24, 2.45) is 0 Å². The summed E-state index contributed by atoms with van der Waals surface area (Å²) in [5, 5.41) is 2.93. The largest absolute Gasteiger partial charge is 0.497 e. The van der Waals surface area contributed by atoms with Crippen molar-refractivity contribution in [2.75, 3.05) is 27.5 Å². The Balaban J connectivity index is 1.51. The average molecular weight is 450 g/mol. The number of thiophene rings is 1. The Labute approximate surface area is 189 Å². The van der Waals surface area contributed by atoms with Crippen molar-refractivity contribution < 1.29 is 18.6 Å². The second kappa shape index (κ2) is 8.68. The van der Waals surface area contributed by atoms with Crippen LogP contribution in [0, 0.1) is 0 Å². The smallest absolute Gasteiger partial charge is 0.344 e. The first-order chi connectivity index (χ1) is 15.7. The van der Waals surface area contributed by atoms with Gasteiger partial charge in [0.05, 0.1) is 25.3 Å². The van der Waals surface area contributed by atoms with Gasteiger partial charge in [0, 0.05) is 28.9 Å². The van der Waals surface area contributed by atoms with E-state index in [1.807, 2.05) is 18.2 Å². The lowest BCUT2D eigenvalue weighted by Crippen LogP contribution is -2.33. The van der Waals surface area contributed by atoms with Crippen molar-refractivity contribution in [1.82, 2.24) is 4.90 Å². The van der Waals surface area contributed by atoms with Crippen molar-refractivity contribution in [3.8, 4) is 28.4 Å². The molecule has 0 fully saturated rings. The maximum absolute atomic E-state index is 13.0. The molecule has 164 valence electrons. The first-order valence-electron chi connectivity index (χ1n) is 10.4. The minimum atomic E-state index is -0.423. The minimum Gasteiger partial charge on any atom is -0.497 e. The summed E-state index contributed by atoms with van der Waals surface area (Å²) < 4.78 is 22.6. The zero-order valence-electron chi connectivity index (χ0n) is 17.9. The van der Waals surface area contributed by atoms with Gasteiger partial charge in [0.2, 0.25) is 0 Å². The van der Waals surface area contributed by atoms with Gasteiger partial charge in [0.1, 0.15) is 29.6 Å². The zero-order chi connectivity index (χ0) is 22.1. The number of hydrogen-bond donors (Lipinski definition) is 0. The van der Waals surface area contributed by atoms with Gasteiger partial charge in [-0.2, -0.15) is 0 Å². The standard InChI is InChI=1S/C25H23NO5S/c1-28-17-6-8-22(29-2)19(13-17)20-12-16-5-7-23-21(24(16)31-25(20)27)14-26(15-30-23)10-9-18-4-3-11-32-18/h3-8,11-13H,9-10,14-15H2,1-2H3. The molecule has 2 aromatic carbocycles. The molecule has 0 N–H and O–H groups in total. The Morgan fingerprint density at radius 2 is 1.97 bits per heavy atom. The third-order valence-electron chi connectivity index (χ3n) is 5.70. The molecular formula is C25H23NO5S. The Morgan fingerprint density at radius 1 is 1.06 bits per heavy atom. The van der Waals surface area contributed by atoms with Crippen LogP contribution in [-0.4, -0.2) is 32.4 Å². The molecule has 0 bridgehead atoms. The van der Waals surface area contributed by atoms with Crippen LogP contribution in [-0.2, 0) is 13.0 Å². The van der Waals surface area contributed by atoms with Gasteiger partial charge in [-0.05, 0) is 54.3 Å². The van der Waals surface area contributed by atoms with Crippen molar-refractivity contribution in [1.29, 1.82) is 0 Å². The molecule has 0 aliphatic carbocycles. The number of hydrogen-bond acceptors (Lipinski definition) is 7. The van der Waals surface area contributed by atoms with E-state index in [2.05, 4.69) is 22.4 Å². The zero-order valence-corrected chi connectivity index (χ0v) is 18.7. The molecule has 4 aromatic rings. The summed E-state index contributed by atoms with van der Waals surface area (Å²) in [4.78, 5) is 16.6. The number of fused-ring (bicyclic) bond motifs is 3. The second-order valence-electron chi connectivity index (χ2n) is 7.63. The fraction of sp³-hybridized carbons (Fsp3) is 0.240. The third-order valence-corrected chi connectivity index (χ3v) is 6.63. The van der Waals surface area contributed by atoms with E-state index < -0.39 is 5.63 Å². The molecule has 0 saturated carbocycles. The highest BCUT2D eigenvalue weighted by Gasteiger charge is 2.23. The first-order valence-corrected chi connectivity index (χ1v) is 11.2. The van der Waals surface area contributed by atoms with Crippen molar-refractivity contribution in [3.63, 3.8) is 0 Å². The molecule has 7 heteroatoms. The number of nitrogens with zero attached hydrogens (tertiary/aromatic N) is 1. The minimum absolute atomic E-state index is 0.423. The molecule has 0 spiro atoms. The lowest BCUT2D eigenvalue weighted by Gasteiger charge is -2.29. The van der Waals surface area contributed by atoms with Gasteiger partial charge in [-0.15, -0.1) is 11.3 Å². The Hall–Kier alpha value is -3.29. The van der Waals surface area contributed by atoms with Gasteiger partial charge < -0.3 is 18.6 Å². The van der Waals surface area contributed by atoms with E-state index in [9.17, 15) is 4.79 Å². The fourth-order valence-electron chi connectivity index (χ4n) is 4.02. The SMILES string of the molecule is COc1ccc(OC)c(-c2cc3ccc4c(c3oc2=O)CN(CCc2cccs2)CO4)c1. The van der Waals surface area contributed by atoms with E-state index in [-0.39, 0.29) is 0 Å². The maximum Gasteiger partial charge on any atom is 0.344 e. The Bertz CT molecular complexity index is 1310. The molecule has 32 heavy (non-hydrogen) atoms. The highest BCUT2D eigenvalue weighted by molar-refractivity contribution is 7.09. The van der Waals surface area contributed by atoms with Crippen molar-refractivity contribution in [3.05, 3.63) is 74.8 Å². The van der Waals surface area contributed by atoms with Gasteiger partial charge in [-0.1, -0.05) is 6.07 Å². The number of ether oxygens (including phenoxy) is 3. The van der Waals surface area contributed by atoms with Crippen LogP contribution in [0.5, 0.6) is 17.2 Å². The molecule has 1 aliphatic rings. The predicted molar refractivity (Wildman–Crippen MR) is 125 cm³/mol. The fourth-order valence-corrected chi connectivity index (χ4v) is 4.72. The highest BCUT2D eigenvalue weighted by atomic mass is 32.1. The summed E-state index contributed by atoms with van der Waals surface area (Å²) in [6, 6.07) is 15.3. The summed E-state index contributed by atoms with van der Waals surface area (Å²) in [6.07, 6.45) is 0.963. The van der Waals surface area contributed by atoms with Crippen LogP contribution in [0.15, 0.2) is 63.1 Å². The summed E-state index contributed by atoms with van der Waals surface area (Å²) in [5.41, 5.74) is 2.11. The molecule has 0 amide bonds. The molecule has 0 saturated heterocycles. The van der Waals surface area contributed by atoms with Gasteiger partial charge >= 0.3 is 5.63 Å². The monoisotopic (exact) mass is 449 g/mol. The Kier molecular flexibility index (Phi) is 5.59. The van der Waals surface area contributed by atoms with E-state index in [4.69, 9.17) is 18.6 Å². The summed E-state index contributed by atoms with van der Waals surface area (Å²) >= 11 is 1.76. The van der Waals surface area contributed by atoms with E-state index in [0.717, 1.165) is 29.7 Å². The predicted octanol–water partition coefficient (Wildman–Crippen LogP) is 4.93. The first kappa shape index (κ1) is 20.6. The quantitative estimate of drug-likeness (QED) is 0.389. The average Bonchev–Trinajstić information content (AvgIpc) is 3.35. The van der Waals surface area contributed by atoms with Crippen LogP contribution in [0.3, 0.4) is 0 Å². The number of benzene rings is 2. The number of rotatable bonds is 6. The van der Waals surface area contributed by atoms with Crippen molar-refractivity contribution >= 4 is 22.3 Å². The van der Waals surface area contributed by atoms with Crippen molar-refractivity contribution in [2.45, 2.75) is 13.0 Å². The molecule has 1 aliphatic heterocycles. The van der Waals surface area contributed by atoms with E-state index in [1.54, 1.807) is 43.8 Å². The highest BCUT2D eigenvalue weighted by Crippen LogP contribution is 2.36. The molecule has 0 radical (unpaired) electrons. The third kappa shape index (κ3) is 3.85. The summed E-state index contributed by atoms with van der Waals surface area (Å²) in [7, 11) is 3.16. The summed E-state index contributed by atoms with van der Waals surface area (Å²) in [5.74, 6) is 1.98. The second-order valence-corrected chi connectivity index (χ2v) is 8.66. The molecule has 5 rings (SSSR count). The molecule has 6 nitrogen and oxygen atoms in total. The van der Waals surface area contributed by atoms with Crippen LogP contribution < -0.4 is 19.8 Å². The molecule has 3 heterocycles. The molecule has 0 unspecified atom stereocenters. The van der Waals surface area contributed by atoms with Gasteiger partial charge in [0.15, 0.2) is 0 Å². The van der Waals surface area contributed by atoms with Crippen LogP contribution in [0.4, 0.5) is 0 Å². The number of methoxy groups -OCH3 is 2. The summed E-state index contributed by atoms with van der Waals surface area (Å²) in [6.45, 7) is 2.07. The van der Waals surface area contributed by atoms with Gasteiger partial charge in [-0.25, -0.2) is 4.79 Å². The maximum atomic E-state index is 13.0. The Morgan fingerprint density at radius 3 is 2.75 bits per heavy atom. The van der Waals surface area contributed by atoms with E-state index in [0.29, 0.717) is 41.5 Å². The van der Waals surface area contributed by atoms with Gasteiger partial charge in [0.25, 0.3) is 0 Å². The van der Waals surface area contributed by atoms with Gasteiger partial charge in [-0.3, -0.25) is 4.90 Å². The molecule has 2 aromatic heterocycles. The van der Waals surface area contributed by atoms with Crippen LogP contribution in [0.25, 0.3) is 22.1 Å².